The highest BCUT2D eigenvalue weighted by Crippen LogP contribution is 2.38. The quantitative estimate of drug-likeness (QED) is 0.732. The Morgan fingerprint density at radius 1 is 1.08 bits per heavy atom. The minimum Gasteiger partial charge on any atom is -0.385 e. The van der Waals surface area contributed by atoms with Crippen LogP contribution in [0.5, 0.6) is 0 Å². The van der Waals surface area contributed by atoms with Gasteiger partial charge in [0.15, 0.2) is 0 Å². The largest absolute Gasteiger partial charge is 0.385 e. The first-order valence-corrected chi connectivity index (χ1v) is 8.75. The lowest BCUT2D eigenvalue weighted by atomic mass is 9.87. The summed E-state index contributed by atoms with van der Waals surface area (Å²) in [4.78, 5) is 24.0. The Bertz CT molecular complexity index is 1030. The molecule has 0 saturated heterocycles. The lowest BCUT2D eigenvalue weighted by Crippen LogP contribution is -2.42. The Kier molecular flexibility index (Phi) is 3.77. The molecule has 0 fully saturated rings. The molecule has 5 nitrogen and oxygen atoms in total. The van der Waals surface area contributed by atoms with E-state index in [1.54, 1.807) is 24.0 Å². The minimum absolute atomic E-state index is 0.0881. The van der Waals surface area contributed by atoms with Crippen molar-refractivity contribution in [1.29, 1.82) is 0 Å². The monoisotopic (exact) mass is 347 g/mol. The summed E-state index contributed by atoms with van der Waals surface area (Å²) in [7, 11) is 0. The van der Waals surface area contributed by atoms with Crippen LogP contribution in [-0.4, -0.2) is 27.5 Å². The zero-order valence-electron chi connectivity index (χ0n) is 15.2. The van der Waals surface area contributed by atoms with Crippen LogP contribution in [0.2, 0.25) is 0 Å². The van der Waals surface area contributed by atoms with E-state index in [4.69, 9.17) is 0 Å². The molecule has 1 aliphatic rings. The molecule has 132 valence electrons. The summed E-state index contributed by atoms with van der Waals surface area (Å²) in [6, 6.07) is 13.0. The van der Waals surface area contributed by atoms with Crippen LogP contribution in [-0.2, 0) is 5.60 Å². The summed E-state index contributed by atoms with van der Waals surface area (Å²) in [6.07, 6.45) is 0.501. The zero-order chi connectivity index (χ0) is 18.5. The van der Waals surface area contributed by atoms with E-state index in [-0.39, 0.29) is 5.91 Å². The number of anilines is 1. The van der Waals surface area contributed by atoms with Gasteiger partial charge in [-0.15, -0.1) is 0 Å². The third-order valence-electron chi connectivity index (χ3n) is 5.16. The van der Waals surface area contributed by atoms with Crippen LogP contribution in [0, 0.1) is 13.8 Å². The molecule has 5 heteroatoms. The fraction of sp³-hybridized carbons (Fsp3) is 0.286. The van der Waals surface area contributed by atoms with Crippen LogP contribution >= 0.6 is 0 Å². The average molecular weight is 347 g/mol. The summed E-state index contributed by atoms with van der Waals surface area (Å²) >= 11 is 0. The summed E-state index contributed by atoms with van der Waals surface area (Å²) < 4.78 is 0. The molecule has 2 heterocycles. The molecule has 1 unspecified atom stereocenters. The van der Waals surface area contributed by atoms with Crippen LogP contribution in [0.4, 0.5) is 5.69 Å². The van der Waals surface area contributed by atoms with Gasteiger partial charge in [0.25, 0.3) is 5.91 Å². The van der Waals surface area contributed by atoms with Crippen LogP contribution in [0.25, 0.3) is 11.0 Å². The first-order chi connectivity index (χ1) is 12.4. The number of nitrogens with zero attached hydrogens (tertiary/aromatic N) is 3. The second kappa shape index (κ2) is 5.88. The molecule has 4 rings (SSSR count). The van der Waals surface area contributed by atoms with Crippen molar-refractivity contribution < 1.29 is 9.90 Å². The van der Waals surface area contributed by atoms with Crippen molar-refractivity contribution in [2.24, 2.45) is 0 Å². The molecule has 0 saturated carbocycles. The van der Waals surface area contributed by atoms with E-state index >= 15 is 0 Å². The number of aliphatic hydroxyl groups is 1. The number of para-hydroxylation sites is 1. The number of carbonyl (C=O) groups is 1. The molecule has 1 aromatic heterocycles. The number of fused-ring (bicyclic) bond motifs is 2. The Morgan fingerprint density at radius 2 is 1.77 bits per heavy atom. The number of amides is 1. The van der Waals surface area contributed by atoms with Gasteiger partial charge in [-0.05, 0) is 51.5 Å². The Hall–Kier alpha value is -2.79. The van der Waals surface area contributed by atoms with Gasteiger partial charge in [0, 0.05) is 17.7 Å². The Labute approximate surface area is 152 Å². The van der Waals surface area contributed by atoms with Crippen LogP contribution < -0.4 is 4.90 Å². The Morgan fingerprint density at radius 3 is 2.54 bits per heavy atom. The van der Waals surface area contributed by atoms with E-state index in [2.05, 4.69) is 9.97 Å². The number of aromatic nitrogens is 2. The van der Waals surface area contributed by atoms with Gasteiger partial charge in [-0.25, -0.2) is 9.97 Å². The molecule has 1 atom stereocenters. The summed E-state index contributed by atoms with van der Waals surface area (Å²) in [5.41, 5.74) is 4.46. The van der Waals surface area contributed by atoms with Gasteiger partial charge in [0.2, 0.25) is 0 Å². The first kappa shape index (κ1) is 16.7. The van der Waals surface area contributed by atoms with E-state index in [1.165, 1.54) is 0 Å². The maximum absolute atomic E-state index is 13.2. The molecular formula is C21H21N3O2. The van der Waals surface area contributed by atoms with Gasteiger partial charge in [-0.1, -0.05) is 18.2 Å². The molecule has 26 heavy (non-hydrogen) atoms. The molecule has 0 bridgehead atoms. The lowest BCUT2D eigenvalue weighted by Gasteiger charge is -2.38. The molecule has 1 aliphatic heterocycles. The first-order valence-electron chi connectivity index (χ1n) is 8.75. The van der Waals surface area contributed by atoms with Crippen LogP contribution in [0.15, 0.2) is 42.5 Å². The van der Waals surface area contributed by atoms with Crippen molar-refractivity contribution in [3.63, 3.8) is 0 Å². The van der Waals surface area contributed by atoms with Gasteiger partial charge in [0.05, 0.1) is 33.7 Å². The highest BCUT2D eigenvalue weighted by molar-refractivity contribution is 6.08. The number of rotatable bonds is 1. The van der Waals surface area contributed by atoms with Gasteiger partial charge in [-0.2, -0.15) is 0 Å². The van der Waals surface area contributed by atoms with Crippen molar-refractivity contribution in [3.05, 3.63) is 65.0 Å². The molecule has 0 spiro atoms. The fourth-order valence-corrected chi connectivity index (χ4v) is 3.48. The topological polar surface area (TPSA) is 66.3 Å². The van der Waals surface area contributed by atoms with Gasteiger partial charge >= 0.3 is 0 Å². The normalized spacial score (nSPS) is 19.5. The van der Waals surface area contributed by atoms with E-state index in [0.717, 1.165) is 33.7 Å². The maximum Gasteiger partial charge on any atom is 0.258 e. The lowest BCUT2D eigenvalue weighted by molar-refractivity contribution is 0.0450. The van der Waals surface area contributed by atoms with Crippen molar-refractivity contribution in [3.8, 4) is 0 Å². The van der Waals surface area contributed by atoms with Crippen molar-refractivity contribution >= 4 is 22.6 Å². The highest BCUT2D eigenvalue weighted by Gasteiger charge is 2.35. The predicted octanol–water partition coefficient (Wildman–Crippen LogP) is 3.50. The molecule has 1 amide bonds. The summed E-state index contributed by atoms with van der Waals surface area (Å²) in [5.74, 6) is -0.0881. The molecule has 2 aromatic carbocycles. The maximum atomic E-state index is 13.2. The van der Waals surface area contributed by atoms with Gasteiger partial charge in [-0.3, -0.25) is 4.79 Å². The summed E-state index contributed by atoms with van der Waals surface area (Å²) in [5, 5.41) is 10.6. The van der Waals surface area contributed by atoms with Crippen molar-refractivity contribution in [2.45, 2.75) is 32.8 Å². The number of benzene rings is 2. The molecule has 1 N–H and O–H groups in total. The SMILES string of the molecule is Cc1nc2ccc(C(=O)N3CCC(C)(O)c4ccccc43)cc2nc1C. The molecular weight excluding hydrogens is 326 g/mol. The minimum atomic E-state index is -0.920. The predicted molar refractivity (Wildman–Crippen MR) is 101 cm³/mol. The zero-order valence-corrected chi connectivity index (χ0v) is 15.2. The number of hydrogen-bond donors (Lipinski definition) is 1. The third kappa shape index (κ3) is 2.65. The summed E-state index contributed by atoms with van der Waals surface area (Å²) in [6.45, 7) is 6.11. The van der Waals surface area contributed by atoms with Crippen LogP contribution in [0.1, 0.15) is 40.7 Å². The third-order valence-corrected chi connectivity index (χ3v) is 5.16. The van der Waals surface area contributed by atoms with Gasteiger partial charge in [0.1, 0.15) is 0 Å². The fourth-order valence-electron chi connectivity index (χ4n) is 3.48. The standard InChI is InChI=1S/C21H21N3O2/c1-13-14(2)23-18-12-15(8-9-17(18)22-13)20(25)24-11-10-21(3,26)16-6-4-5-7-19(16)24/h4-9,12,26H,10-11H2,1-3H3. The second-order valence-electron chi connectivity index (χ2n) is 7.10. The Balaban J connectivity index is 1.76. The molecule has 3 aromatic rings. The van der Waals surface area contributed by atoms with Crippen molar-refractivity contribution in [1.82, 2.24) is 9.97 Å². The smallest absolute Gasteiger partial charge is 0.258 e. The highest BCUT2D eigenvalue weighted by atomic mass is 16.3. The van der Waals surface area contributed by atoms with Crippen molar-refractivity contribution in [2.75, 3.05) is 11.4 Å². The average Bonchev–Trinajstić information content (AvgIpc) is 2.62. The van der Waals surface area contributed by atoms with E-state index < -0.39 is 5.60 Å². The van der Waals surface area contributed by atoms with Crippen LogP contribution in [0.3, 0.4) is 0 Å². The van der Waals surface area contributed by atoms with E-state index in [9.17, 15) is 9.90 Å². The number of hydrogen-bond acceptors (Lipinski definition) is 4. The van der Waals surface area contributed by atoms with E-state index in [0.29, 0.717) is 18.5 Å². The number of aryl methyl sites for hydroxylation is 2. The molecule has 0 radical (unpaired) electrons. The second-order valence-corrected chi connectivity index (χ2v) is 7.10. The number of carbonyl (C=O) groups excluding carboxylic acids is 1. The van der Waals surface area contributed by atoms with E-state index in [1.807, 2.05) is 44.2 Å². The van der Waals surface area contributed by atoms with Gasteiger partial charge < -0.3 is 10.0 Å². The molecule has 0 aliphatic carbocycles.